The standard InChI is InChI=1S/C18H14F2N4O3S/c1-9(15(25)23-17(21)27)28-18-22-13-5-3-2-4-11(13)16(26)24(18)14-7-6-10(19)8-12(14)20/h2-9H,1H3,(H3,21,23,25,27)/t9-/m0/s1. The Morgan fingerprint density at radius 3 is 2.61 bits per heavy atom. The van der Waals surface area contributed by atoms with E-state index in [9.17, 15) is 23.2 Å². The van der Waals surface area contributed by atoms with Crippen molar-refractivity contribution in [2.24, 2.45) is 5.73 Å². The number of carbonyl (C=O) groups excluding carboxylic acids is 2. The third-order valence-electron chi connectivity index (χ3n) is 3.79. The van der Waals surface area contributed by atoms with Crippen molar-refractivity contribution in [1.82, 2.24) is 14.9 Å². The van der Waals surface area contributed by atoms with Crippen molar-refractivity contribution in [3.63, 3.8) is 0 Å². The van der Waals surface area contributed by atoms with Crippen molar-refractivity contribution in [3.8, 4) is 5.69 Å². The Kier molecular flexibility index (Phi) is 5.41. The second kappa shape index (κ2) is 7.77. The number of amides is 3. The highest BCUT2D eigenvalue weighted by atomic mass is 32.2. The summed E-state index contributed by atoms with van der Waals surface area (Å²) in [5.41, 5.74) is 4.49. The number of thioether (sulfide) groups is 1. The van der Waals surface area contributed by atoms with Crippen LogP contribution in [-0.4, -0.2) is 26.7 Å². The van der Waals surface area contributed by atoms with Gasteiger partial charge in [0.1, 0.15) is 11.6 Å². The van der Waals surface area contributed by atoms with Crippen LogP contribution in [0.15, 0.2) is 52.4 Å². The highest BCUT2D eigenvalue weighted by Crippen LogP contribution is 2.26. The summed E-state index contributed by atoms with van der Waals surface area (Å²) in [6, 6.07) is 8.18. The first-order valence-corrected chi connectivity index (χ1v) is 8.90. The van der Waals surface area contributed by atoms with Gasteiger partial charge in [0.15, 0.2) is 5.16 Å². The van der Waals surface area contributed by atoms with E-state index in [0.29, 0.717) is 11.6 Å². The van der Waals surface area contributed by atoms with Crippen LogP contribution < -0.4 is 16.6 Å². The van der Waals surface area contributed by atoms with E-state index in [1.165, 1.54) is 13.0 Å². The Hall–Kier alpha value is -3.27. The minimum Gasteiger partial charge on any atom is -0.351 e. The largest absolute Gasteiger partial charge is 0.351 e. The fourth-order valence-electron chi connectivity index (χ4n) is 2.50. The molecule has 1 aromatic heterocycles. The monoisotopic (exact) mass is 404 g/mol. The summed E-state index contributed by atoms with van der Waals surface area (Å²) in [7, 11) is 0. The summed E-state index contributed by atoms with van der Waals surface area (Å²) in [6.45, 7) is 1.47. The number of halogens is 2. The zero-order valence-corrected chi connectivity index (χ0v) is 15.3. The van der Waals surface area contributed by atoms with Gasteiger partial charge in [0.25, 0.3) is 5.56 Å². The number of fused-ring (bicyclic) bond motifs is 1. The van der Waals surface area contributed by atoms with Crippen LogP contribution in [0.2, 0.25) is 0 Å². The van der Waals surface area contributed by atoms with Crippen LogP contribution in [-0.2, 0) is 4.79 Å². The van der Waals surface area contributed by atoms with Crippen molar-refractivity contribution >= 4 is 34.6 Å². The molecule has 0 bridgehead atoms. The van der Waals surface area contributed by atoms with E-state index < -0.39 is 34.4 Å². The topological polar surface area (TPSA) is 107 Å². The van der Waals surface area contributed by atoms with Gasteiger partial charge in [-0.05, 0) is 31.2 Å². The van der Waals surface area contributed by atoms with Gasteiger partial charge in [-0.15, -0.1) is 0 Å². The Morgan fingerprint density at radius 1 is 1.21 bits per heavy atom. The zero-order chi connectivity index (χ0) is 20.4. The molecule has 0 fully saturated rings. The van der Waals surface area contributed by atoms with Crippen LogP contribution >= 0.6 is 11.8 Å². The molecular formula is C18H14F2N4O3S. The molecule has 144 valence electrons. The number of rotatable bonds is 4. The lowest BCUT2D eigenvalue weighted by Crippen LogP contribution is -2.39. The predicted octanol–water partition coefficient (Wildman–Crippen LogP) is 2.34. The summed E-state index contributed by atoms with van der Waals surface area (Å²) < 4.78 is 28.7. The smallest absolute Gasteiger partial charge is 0.318 e. The minimum absolute atomic E-state index is 0.00123. The van der Waals surface area contributed by atoms with Crippen LogP contribution in [0.5, 0.6) is 0 Å². The third-order valence-corrected chi connectivity index (χ3v) is 4.85. The van der Waals surface area contributed by atoms with E-state index in [2.05, 4.69) is 4.98 Å². The molecule has 3 amide bonds. The van der Waals surface area contributed by atoms with Crippen molar-refractivity contribution in [3.05, 3.63) is 64.5 Å². The Bertz CT molecular complexity index is 1150. The fourth-order valence-corrected chi connectivity index (χ4v) is 3.42. The number of imide groups is 1. The van der Waals surface area contributed by atoms with Gasteiger partial charge in [-0.2, -0.15) is 0 Å². The van der Waals surface area contributed by atoms with Crippen molar-refractivity contribution < 1.29 is 18.4 Å². The number of benzene rings is 2. The molecular weight excluding hydrogens is 390 g/mol. The molecule has 3 aromatic rings. The number of carbonyl (C=O) groups is 2. The molecule has 10 heteroatoms. The average Bonchev–Trinajstić information content (AvgIpc) is 2.62. The maximum Gasteiger partial charge on any atom is 0.318 e. The first kappa shape index (κ1) is 19.5. The maximum atomic E-state index is 14.4. The van der Waals surface area contributed by atoms with Gasteiger partial charge in [0.05, 0.1) is 21.8 Å². The van der Waals surface area contributed by atoms with Gasteiger partial charge in [-0.1, -0.05) is 23.9 Å². The van der Waals surface area contributed by atoms with Crippen LogP contribution in [0, 0.1) is 11.6 Å². The first-order valence-electron chi connectivity index (χ1n) is 8.02. The quantitative estimate of drug-likeness (QED) is 0.513. The highest BCUT2D eigenvalue weighted by molar-refractivity contribution is 8.00. The van der Waals surface area contributed by atoms with Gasteiger partial charge in [-0.3, -0.25) is 19.5 Å². The number of hydrogen-bond donors (Lipinski definition) is 2. The van der Waals surface area contributed by atoms with Crippen LogP contribution in [0.25, 0.3) is 16.6 Å². The van der Waals surface area contributed by atoms with Crippen LogP contribution in [0.1, 0.15) is 6.92 Å². The molecule has 0 unspecified atom stereocenters. The van der Waals surface area contributed by atoms with Crippen LogP contribution in [0.4, 0.5) is 13.6 Å². The molecule has 0 aliphatic carbocycles. The van der Waals surface area contributed by atoms with Crippen molar-refractivity contribution in [1.29, 1.82) is 0 Å². The lowest BCUT2D eigenvalue weighted by Gasteiger charge is -2.16. The number of nitrogens with zero attached hydrogens (tertiary/aromatic N) is 2. The number of nitrogens with one attached hydrogen (secondary N) is 1. The number of para-hydroxylation sites is 1. The third kappa shape index (κ3) is 3.86. The summed E-state index contributed by atoms with van der Waals surface area (Å²) in [5.74, 6) is -2.47. The molecule has 7 nitrogen and oxygen atoms in total. The van der Waals surface area contributed by atoms with Gasteiger partial charge in [-0.25, -0.2) is 18.6 Å². The molecule has 0 aliphatic heterocycles. The molecule has 1 heterocycles. The second-order valence-electron chi connectivity index (χ2n) is 5.76. The lowest BCUT2D eigenvalue weighted by molar-refractivity contribution is -0.119. The molecule has 0 aliphatic rings. The maximum absolute atomic E-state index is 14.4. The fraction of sp³-hybridized carbons (Fsp3) is 0.111. The van der Waals surface area contributed by atoms with Gasteiger partial charge in [0.2, 0.25) is 5.91 Å². The number of aromatic nitrogens is 2. The van der Waals surface area contributed by atoms with E-state index in [4.69, 9.17) is 5.73 Å². The summed E-state index contributed by atoms with van der Waals surface area (Å²) >= 11 is 0.829. The van der Waals surface area contributed by atoms with Gasteiger partial charge < -0.3 is 5.73 Å². The predicted molar refractivity (Wildman–Crippen MR) is 100 cm³/mol. The van der Waals surface area contributed by atoms with E-state index in [0.717, 1.165) is 28.5 Å². The minimum atomic E-state index is -1.02. The van der Waals surface area contributed by atoms with E-state index in [1.54, 1.807) is 18.2 Å². The number of nitrogens with two attached hydrogens (primary N) is 1. The SMILES string of the molecule is C[C@H](Sc1nc2ccccc2c(=O)n1-c1ccc(F)cc1F)C(=O)NC(N)=O. The molecule has 28 heavy (non-hydrogen) atoms. The van der Waals surface area contributed by atoms with Crippen molar-refractivity contribution in [2.45, 2.75) is 17.3 Å². The number of primary amides is 1. The highest BCUT2D eigenvalue weighted by Gasteiger charge is 2.22. The Morgan fingerprint density at radius 2 is 1.93 bits per heavy atom. The molecule has 0 saturated heterocycles. The van der Waals surface area contributed by atoms with E-state index in [1.807, 2.05) is 5.32 Å². The van der Waals surface area contributed by atoms with Crippen LogP contribution in [0.3, 0.4) is 0 Å². The molecule has 0 spiro atoms. The number of hydrogen-bond acceptors (Lipinski definition) is 5. The average molecular weight is 404 g/mol. The molecule has 0 radical (unpaired) electrons. The second-order valence-corrected chi connectivity index (χ2v) is 7.07. The Labute approximate surface area is 161 Å². The van der Waals surface area contributed by atoms with E-state index >= 15 is 0 Å². The van der Waals surface area contributed by atoms with Gasteiger partial charge in [0, 0.05) is 6.07 Å². The first-order chi connectivity index (χ1) is 13.3. The summed E-state index contributed by atoms with van der Waals surface area (Å²) in [5, 5.41) is 1.28. The summed E-state index contributed by atoms with van der Waals surface area (Å²) in [6.07, 6.45) is 0. The molecule has 3 rings (SSSR count). The molecule has 2 aromatic carbocycles. The summed E-state index contributed by atoms with van der Waals surface area (Å²) in [4.78, 5) is 40.2. The Balaban J connectivity index is 2.19. The van der Waals surface area contributed by atoms with Crippen molar-refractivity contribution in [2.75, 3.05) is 0 Å². The van der Waals surface area contributed by atoms with E-state index in [-0.39, 0.29) is 16.2 Å². The molecule has 3 N–H and O–H groups in total. The zero-order valence-electron chi connectivity index (χ0n) is 14.5. The molecule has 1 atom stereocenters. The number of urea groups is 1. The van der Waals surface area contributed by atoms with Gasteiger partial charge >= 0.3 is 6.03 Å². The molecule has 0 saturated carbocycles. The normalized spacial score (nSPS) is 12.0. The lowest BCUT2D eigenvalue weighted by atomic mass is 10.2.